The molecule has 6 nitrogen and oxygen atoms in total. The number of benzene rings is 1. The number of carboxylic acid groups (broad SMARTS) is 1. The fourth-order valence-corrected chi connectivity index (χ4v) is 2.25. The maximum atomic E-state index is 11.8. The summed E-state index contributed by atoms with van der Waals surface area (Å²) in [5, 5.41) is 11.7. The van der Waals surface area contributed by atoms with Gasteiger partial charge in [-0.05, 0) is 25.0 Å². The molecule has 0 aliphatic heterocycles. The molecule has 1 aliphatic carbocycles. The molecule has 1 heterocycles. The Morgan fingerprint density at radius 1 is 1.35 bits per heavy atom. The van der Waals surface area contributed by atoms with E-state index in [-0.39, 0.29) is 5.91 Å². The lowest BCUT2D eigenvalue weighted by Gasteiger charge is -2.09. The minimum atomic E-state index is -1.17. The molecule has 1 aromatic carbocycles. The number of aliphatic carboxylic acids is 1. The molecule has 1 amide bonds. The second-order valence-electron chi connectivity index (χ2n) is 5.09. The highest BCUT2D eigenvalue weighted by Gasteiger charge is 2.56. The van der Waals surface area contributed by atoms with Gasteiger partial charge in [-0.25, -0.2) is 4.98 Å². The summed E-state index contributed by atoms with van der Waals surface area (Å²) in [5.41, 5.74) is 0.671. The Kier molecular flexibility index (Phi) is 2.93. The van der Waals surface area contributed by atoms with Crippen LogP contribution in [0.4, 0.5) is 0 Å². The number of carboxylic acids is 1. The van der Waals surface area contributed by atoms with Crippen LogP contribution < -0.4 is 5.32 Å². The van der Waals surface area contributed by atoms with Gasteiger partial charge >= 0.3 is 5.97 Å². The molecular formula is C14H15N3O3. The van der Waals surface area contributed by atoms with Gasteiger partial charge < -0.3 is 15.4 Å². The summed E-state index contributed by atoms with van der Waals surface area (Å²) >= 11 is 0. The zero-order chi connectivity index (χ0) is 14.2. The van der Waals surface area contributed by atoms with Gasteiger partial charge in [0.1, 0.15) is 11.2 Å². The van der Waals surface area contributed by atoms with Crippen LogP contribution in [0.1, 0.15) is 18.7 Å². The Hall–Kier alpha value is -2.37. The molecule has 1 fully saturated rings. The number of H-pyrrole nitrogens is 1. The topological polar surface area (TPSA) is 95.1 Å². The van der Waals surface area contributed by atoms with Crippen LogP contribution in [0, 0.1) is 5.41 Å². The van der Waals surface area contributed by atoms with E-state index in [1.165, 1.54) is 0 Å². The van der Waals surface area contributed by atoms with Gasteiger partial charge in [-0.15, -0.1) is 0 Å². The van der Waals surface area contributed by atoms with E-state index in [0.29, 0.717) is 25.8 Å². The van der Waals surface area contributed by atoms with Crippen molar-refractivity contribution < 1.29 is 14.7 Å². The zero-order valence-corrected chi connectivity index (χ0v) is 10.8. The van der Waals surface area contributed by atoms with Gasteiger partial charge in [0.25, 0.3) is 0 Å². The predicted octanol–water partition coefficient (Wildman–Crippen LogP) is 1.09. The molecule has 1 saturated carbocycles. The number of aromatic amines is 1. The van der Waals surface area contributed by atoms with Crippen molar-refractivity contribution in [1.29, 1.82) is 0 Å². The third kappa shape index (κ3) is 2.13. The van der Waals surface area contributed by atoms with E-state index in [1.54, 1.807) is 0 Å². The van der Waals surface area contributed by atoms with Crippen molar-refractivity contribution in [3.8, 4) is 0 Å². The first-order valence-corrected chi connectivity index (χ1v) is 6.57. The predicted molar refractivity (Wildman–Crippen MR) is 72.1 cm³/mol. The molecule has 1 aromatic heterocycles. The third-order valence-corrected chi connectivity index (χ3v) is 3.68. The lowest BCUT2D eigenvalue weighted by Crippen LogP contribution is -2.38. The number of nitrogens with zero attached hydrogens (tertiary/aromatic N) is 1. The average molecular weight is 273 g/mol. The molecule has 1 aliphatic rings. The van der Waals surface area contributed by atoms with Crippen molar-refractivity contribution in [1.82, 2.24) is 15.3 Å². The fourth-order valence-electron chi connectivity index (χ4n) is 2.25. The molecule has 0 bridgehead atoms. The number of carbonyl (C=O) groups is 2. The molecule has 0 atom stereocenters. The molecule has 0 saturated heterocycles. The standard InChI is InChI=1S/C14H15N3O3/c18-12(14(6-7-14)13(19)20)15-8-5-11-16-9-3-1-2-4-10(9)17-11/h1-4H,5-8H2,(H,15,18)(H,16,17)(H,19,20). The first kappa shape index (κ1) is 12.7. The highest BCUT2D eigenvalue weighted by Crippen LogP contribution is 2.45. The minimum absolute atomic E-state index is 0.383. The monoisotopic (exact) mass is 273 g/mol. The van der Waals surface area contributed by atoms with Crippen LogP contribution in [0.15, 0.2) is 24.3 Å². The second-order valence-corrected chi connectivity index (χ2v) is 5.09. The SMILES string of the molecule is O=C(O)C1(C(=O)NCCc2nc3ccccc3[nH]2)CC1. The van der Waals surface area contributed by atoms with Crippen molar-refractivity contribution in [2.24, 2.45) is 5.41 Å². The Morgan fingerprint density at radius 2 is 2.10 bits per heavy atom. The summed E-state index contributed by atoms with van der Waals surface area (Å²) in [6, 6.07) is 7.69. The van der Waals surface area contributed by atoms with Crippen LogP contribution in [0.3, 0.4) is 0 Å². The van der Waals surface area contributed by atoms with Crippen molar-refractivity contribution in [2.45, 2.75) is 19.3 Å². The first-order valence-electron chi connectivity index (χ1n) is 6.57. The third-order valence-electron chi connectivity index (χ3n) is 3.68. The summed E-state index contributed by atoms with van der Waals surface area (Å²) in [5.74, 6) is -0.633. The van der Waals surface area contributed by atoms with Crippen LogP contribution in [0.5, 0.6) is 0 Å². The summed E-state index contributed by atoms with van der Waals surface area (Å²) in [7, 11) is 0. The molecule has 0 spiro atoms. The number of hydrogen-bond donors (Lipinski definition) is 3. The number of aromatic nitrogens is 2. The van der Waals surface area contributed by atoms with Gasteiger partial charge in [-0.2, -0.15) is 0 Å². The number of imidazole rings is 1. The van der Waals surface area contributed by atoms with Crippen LogP contribution >= 0.6 is 0 Å². The molecule has 0 radical (unpaired) electrons. The van der Waals surface area contributed by atoms with E-state index in [1.807, 2.05) is 24.3 Å². The van der Waals surface area contributed by atoms with E-state index in [2.05, 4.69) is 15.3 Å². The normalized spacial score (nSPS) is 16.0. The molecule has 0 unspecified atom stereocenters. The number of nitrogens with one attached hydrogen (secondary N) is 2. The summed E-state index contributed by atoms with van der Waals surface area (Å²) in [6.07, 6.45) is 1.41. The smallest absolute Gasteiger partial charge is 0.319 e. The average Bonchev–Trinajstić information content (AvgIpc) is 3.14. The summed E-state index contributed by atoms with van der Waals surface area (Å²) < 4.78 is 0. The molecule has 2 aromatic rings. The van der Waals surface area contributed by atoms with Crippen LogP contribution in [0.2, 0.25) is 0 Å². The van der Waals surface area contributed by atoms with Crippen LogP contribution in [-0.2, 0) is 16.0 Å². The van der Waals surface area contributed by atoms with Gasteiger partial charge in [0.15, 0.2) is 0 Å². The zero-order valence-electron chi connectivity index (χ0n) is 10.8. The van der Waals surface area contributed by atoms with E-state index in [4.69, 9.17) is 5.11 Å². The van der Waals surface area contributed by atoms with E-state index in [0.717, 1.165) is 16.9 Å². The van der Waals surface area contributed by atoms with Crippen molar-refractivity contribution in [2.75, 3.05) is 6.54 Å². The van der Waals surface area contributed by atoms with Crippen molar-refractivity contribution in [3.05, 3.63) is 30.1 Å². The van der Waals surface area contributed by atoms with Gasteiger partial charge in [-0.1, -0.05) is 12.1 Å². The van der Waals surface area contributed by atoms with Crippen LogP contribution in [-0.4, -0.2) is 33.5 Å². The van der Waals surface area contributed by atoms with E-state index in [9.17, 15) is 9.59 Å². The highest BCUT2D eigenvalue weighted by atomic mass is 16.4. The minimum Gasteiger partial charge on any atom is -0.480 e. The van der Waals surface area contributed by atoms with Gasteiger partial charge in [0.2, 0.25) is 5.91 Å². The molecular weight excluding hydrogens is 258 g/mol. The Balaban J connectivity index is 1.57. The molecule has 20 heavy (non-hydrogen) atoms. The van der Waals surface area contributed by atoms with Crippen molar-refractivity contribution in [3.63, 3.8) is 0 Å². The first-order chi connectivity index (χ1) is 9.62. The Bertz CT molecular complexity index is 640. The van der Waals surface area contributed by atoms with E-state index >= 15 is 0 Å². The highest BCUT2D eigenvalue weighted by molar-refractivity contribution is 6.04. The maximum absolute atomic E-state index is 11.8. The molecule has 104 valence electrons. The Morgan fingerprint density at radius 3 is 2.75 bits per heavy atom. The number of carbonyl (C=O) groups excluding carboxylic acids is 1. The molecule has 3 rings (SSSR count). The second kappa shape index (κ2) is 4.63. The number of amides is 1. The largest absolute Gasteiger partial charge is 0.480 e. The Labute approximate surface area is 115 Å². The lowest BCUT2D eigenvalue weighted by molar-refractivity contribution is -0.149. The van der Waals surface area contributed by atoms with Gasteiger partial charge in [0.05, 0.1) is 11.0 Å². The van der Waals surface area contributed by atoms with Gasteiger partial charge in [-0.3, -0.25) is 9.59 Å². The summed E-state index contributed by atoms with van der Waals surface area (Å²) in [6.45, 7) is 0.383. The number of rotatable bonds is 5. The number of para-hydroxylation sites is 2. The fraction of sp³-hybridized carbons (Fsp3) is 0.357. The van der Waals surface area contributed by atoms with Gasteiger partial charge in [0, 0.05) is 13.0 Å². The van der Waals surface area contributed by atoms with E-state index < -0.39 is 11.4 Å². The quantitative estimate of drug-likeness (QED) is 0.710. The van der Waals surface area contributed by atoms with Crippen LogP contribution in [0.25, 0.3) is 11.0 Å². The summed E-state index contributed by atoms with van der Waals surface area (Å²) in [4.78, 5) is 30.4. The van der Waals surface area contributed by atoms with Crippen molar-refractivity contribution >= 4 is 22.9 Å². The molecule has 6 heteroatoms. The lowest BCUT2D eigenvalue weighted by atomic mass is 10.1. The number of fused-ring (bicyclic) bond motifs is 1. The molecule has 3 N–H and O–H groups in total. The maximum Gasteiger partial charge on any atom is 0.319 e. The number of hydrogen-bond acceptors (Lipinski definition) is 3.